The molecule has 26 heavy (non-hydrogen) atoms. The largest absolute Gasteiger partial charge is 0.343 e. The third-order valence-corrected chi connectivity index (χ3v) is 6.00. The molecule has 1 aliphatic rings. The van der Waals surface area contributed by atoms with Gasteiger partial charge in [-0.3, -0.25) is 4.90 Å². The highest BCUT2D eigenvalue weighted by Gasteiger charge is 2.42. The van der Waals surface area contributed by atoms with E-state index in [4.69, 9.17) is 0 Å². The van der Waals surface area contributed by atoms with E-state index in [-0.39, 0.29) is 11.4 Å². The van der Waals surface area contributed by atoms with Crippen LogP contribution < -0.4 is 9.21 Å². The molecule has 0 spiro atoms. The van der Waals surface area contributed by atoms with E-state index in [1.54, 1.807) is 48.5 Å². The van der Waals surface area contributed by atoms with Crippen molar-refractivity contribution in [2.75, 3.05) is 9.21 Å². The maximum absolute atomic E-state index is 13.2. The summed E-state index contributed by atoms with van der Waals surface area (Å²) in [6, 6.07) is 23.9. The number of para-hydroxylation sites is 2. The second kappa shape index (κ2) is 6.31. The number of hydrogen-bond acceptors (Lipinski definition) is 3. The van der Waals surface area contributed by atoms with E-state index in [1.807, 2.05) is 30.3 Å². The monoisotopic (exact) mass is 364 g/mol. The van der Waals surface area contributed by atoms with Crippen molar-refractivity contribution in [2.24, 2.45) is 0 Å². The smallest absolute Gasteiger partial charge is 0.287 e. The number of carbonyl (C=O) groups is 1. The quantitative estimate of drug-likeness (QED) is 0.705. The third kappa shape index (κ3) is 2.64. The van der Waals surface area contributed by atoms with Crippen LogP contribution in [0.1, 0.15) is 5.56 Å². The van der Waals surface area contributed by atoms with Crippen molar-refractivity contribution in [3.05, 3.63) is 90.5 Å². The van der Waals surface area contributed by atoms with Crippen LogP contribution in [0.25, 0.3) is 0 Å². The molecule has 0 fully saturated rings. The molecule has 3 aromatic rings. The summed E-state index contributed by atoms with van der Waals surface area (Å²) in [6.45, 7) is 0.287. The number of amides is 2. The number of hydrogen-bond donors (Lipinski definition) is 0. The highest BCUT2D eigenvalue weighted by molar-refractivity contribution is 7.94. The van der Waals surface area contributed by atoms with Gasteiger partial charge in [-0.25, -0.2) is 13.2 Å². The van der Waals surface area contributed by atoms with E-state index in [0.29, 0.717) is 11.4 Å². The van der Waals surface area contributed by atoms with Gasteiger partial charge in [0.2, 0.25) is 0 Å². The standard InChI is InChI=1S/C20H16N2O3S/c23-20-21(15-16-9-3-1-4-10-16)18-13-7-8-14-19(18)26(24,25)22(20)17-11-5-2-6-12-17/h1-14H,15H2. The number of nitrogens with zero attached hydrogens (tertiary/aromatic N) is 2. The molecular weight excluding hydrogens is 348 g/mol. The molecule has 2 amide bonds. The summed E-state index contributed by atoms with van der Waals surface area (Å²) >= 11 is 0. The lowest BCUT2D eigenvalue weighted by Gasteiger charge is -2.36. The van der Waals surface area contributed by atoms with Crippen LogP contribution in [-0.4, -0.2) is 14.4 Å². The van der Waals surface area contributed by atoms with Crippen molar-refractivity contribution < 1.29 is 13.2 Å². The Hall–Kier alpha value is -3.12. The minimum atomic E-state index is -3.97. The lowest BCUT2D eigenvalue weighted by molar-refractivity contribution is 0.253. The van der Waals surface area contributed by atoms with Crippen LogP contribution in [0.15, 0.2) is 89.8 Å². The number of rotatable bonds is 3. The molecule has 0 saturated heterocycles. The summed E-state index contributed by atoms with van der Waals surface area (Å²) in [5.41, 5.74) is 1.64. The number of benzene rings is 3. The average molecular weight is 364 g/mol. The van der Waals surface area contributed by atoms with Gasteiger partial charge in [0.05, 0.1) is 17.9 Å². The van der Waals surface area contributed by atoms with E-state index in [9.17, 15) is 13.2 Å². The maximum Gasteiger partial charge on any atom is 0.343 e. The van der Waals surface area contributed by atoms with Crippen molar-refractivity contribution in [3.8, 4) is 0 Å². The Morgan fingerprint density at radius 1 is 0.731 bits per heavy atom. The van der Waals surface area contributed by atoms with Gasteiger partial charge in [-0.2, -0.15) is 4.31 Å². The highest BCUT2D eigenvalue weighted by Crippen LogP contribution is 2.37. The van der Waals surface area contributed by atoms with Gasteiger partial charge < -0.3 is 0 Å². The Balaban J connectivity index is 1.88. The molecule has 0 N–H and O–H groups in total. The molecule has 0 aliphatic carbocycles. The van der Waals surface area contributed by atoms with E-state index in [1.165, 1.54) is 11.0 Å². The predicted molar refractivity (Wildman–Crippen MR) is 101 cm³/mol. The fourth-order valence-corrected chi connectivity index (χ4v) is 4.64. The van der Waals surface area contributed by atoms with Crippen LogP contribution in [0.2, 0.25) is 0 Å². The zero-order valence-corrected chi connectivity index (χ0v) is 14.6. The Bertz CT molecular complexity index is 1050. The number of anilines is 2. The minimum Gasteiger partial charge on any atom is -0.287 e. The van der Waals surface area contributed by atoms with Crippen LogP contribution in [-0.2, 0) is 16.6 Å². The first kappa shape index (κ1) is 16.4. The zero-order chi connectivity index (χ0) is 18.1. The topological polar surface area (TPSA) is 57.7 Å². The number of fused-ring (bicyclic) bond motifs is 1. The van der Waals surface area contributed by atoms with Crippen molar-refractivity contribution in [2.45, 2.75) is 11.4 Å². The number of urea groups is 1. The summed E-state index contributed by atoms with van der Waals surface area (Å²) in [5.74, 6) is 0. The first-order chi connectivity index (χ1) is 12.6. The summed E-state index contributed by atoms with van der Waals surface area (Å²) in [7, 11) is -3.97. The van der Waals surface area contributed by atoms with Gasteiger partial charge >= 0.3 is 6.03 Å². The number of sulfonamides is 1. The lowest BCUT2D eigenvalue weighted by Crippen LogP contribution is -2.50. The second-order valence-corrected chi connectivity index (χ2v) is 7.68. The van der Waals surface area contributed by atoms with Gasteiger partial charge in [0, 0.05) is 0 Å². The van der Waals surface area contributed by atoms with Crippen molar-refractivity contribution in [1.29, 1.82) is 0 Å². The van der Waals surface area contributed by atoms with Crippen LogP contribution in [0.3, 0.4) is 0 Å². The van der Waals surface area contributed by atoms with Gasteiger partial charge in [-0.05, 0) is 29.8 Å². The molecule has 0 bridgehead atoms. The van der Waals surface area contributed by atoms with Crippen LogP contribution in [0, 0.1) is 0 Å². The van der Waals surface area contributed by atoms with E-state index < -0.39 is 16.1 Å². The van der Waals surface area contributed by atoms with Crippen molar-refractivity contribution in [3.63, 3.8) is 0 Å². The van der Waals surface area contributed by atoms with Crippen molar-refractivity contribution in [1.82, 2.24) is 0 Å². The van der Waals surface area contributed by atoms with E-state index >= 15 is 0 Å². The summed E-state index contributed by atoms with van der Waals surface area (Å²) in [5, 5.41) is 0. The summed E-state index contributed by atoms with van der Waals surface area (Å²) in [4.78, 5) is 14.8. The van der Waals surface area contributed by atoms with E-state index in [0.717, 1.165) is 9.87 Å². The molecule has 0 unspecified atom stereocenters. The molecular formula is C20H16N2O3S. The molecule has 0 saturated carbocycles. The number of carbonyl (C=O) groups excluding carboxylic acids is 1. The molecule has 0 radical (unpaired) electrons. The Morgan fingerprint density at radius 3 is 2.00 bits per heavy atom. The predicted octanol–water partition coefficient (Wildman–Crippen LogP) is 4.02. The Labute approximate surface area is 152 Å². The van der Waals surface area contributed by atoms with E-state index in [2.05, 4.69) is 0 Å². The first-order valence-electron chi connectivity index (χ1n) is 8.14. The van der Waals surface area contributed by atoms with Gasteiger partial charge in [-0.1, -0.05) is 60.7 Å². The van der Waals surface area contributed by atoms with Gasteiger partial charge in [-0.15, -0.1) is 0 Å². The fraction of sp³-hybridized carbons (Fsp3) is 0.0500. The molecule has 0 aromatic heterocycles. The van der Waals surface area contributed by atoms with Crippen molar-refractivity contribution >= 4 is 27.4 Å². The van der Waals surface area contributed by atoms with Crippen LogP contribution >= 0.6 is 0 Å². The van der Waals surface area contributed by atoms with Gasteiger partial charge in [0.15, 0.2) is 0 Å². The molecule has 130 valence electrons. The minimum absolute atomic E-state index is 0.124. The summed E-state index contributed by atoms with van der Waals surface area (Å²) in [6.07, 6.45) is 0. The second-order valence-electron chi connectivity index (χ2n) is 5.93. The summed E-state index contributed by atoms with van der Waals surface area (Å²) < 4.78 is 27.1. The first-order valence-corrected chi connectivity index (χ1v) is 9.58. The molecule has 6 heteroatoms. The molecule has 1 aliphatic heterocycles. The van der Waals surface area contributed by atoms with Crippen LogP contribution in [0.4, 0.5) is 16.2 Å². The SMILES string of the molecule is O=C1N(Cc2ccccc2)c2ccccc2S(=O)(=O)N1c1ccccc1. The third-order valence-electron chi connectivity index (χ3n) is 4.25. The Kier molecular flexibility index (Phi) is 3.97. The van der Waals surface area contributed by atoms with Gasteiger partial charge in [0.1, 0.15) is 4.90 Å². The zero-order valence-electron chi connectivity index (χ0n) is 13.8. The maximum atomic E-state index is 13.2. The highest BCUT2D eigenvalue weighted by atomic mass is 32.2. The Morgan fingerprint density at radius 2 is 1.31 bits per heavy atom. The normalized spacial score (nSPS) is 15.6. The lowest BCUT2D eigenvalue weighted by atomic mass is 10.2. The van der Waals surface area contributed by atoms with Gasteiger partial charge in [0.25, 0.3) is 10.0 Å². The molecule has 4 rings (SSSR count). The molecule has 0 atom stereocenters. The average Bonchev–Trinajstić information content (AvgIpc) is 2.67. The molecule has 1 heterocycles. The van der Waals surface area contributed by atoms with Crippen LogP contribution in [0.5, 0.6) is 0 Å². The molecule has 3 aromatic carbocycles. The fourth-order valence-electron chi connectivity index (χ4n) is 3.04. The molecule has 5 nitrogen and oxygen atoms in total.